The van der Waals surface area contributed by atoms with E-state index in [1.54, 1.807) is 22.6 Å². The lowest BCUT2D eigenvalue weighted by molar-refractivity contribution is -0.274. The zero-order valence-corrected chi connectivity index (χ0v) is 22.7. The van der Waals surface area contributed by atoms with Crippen LogP contribution in [0, 0.1) is 10.5 Å². The molecular weight excluding hydrogens is 641 g/mol. The van der Waals surface area contributed by atoms with Gasteiger partial charge in [0.05, 0.1) is 16.9 Å². The molecule has 0 saturated carbocycles. The molecule has 0 radical (unpaired) electrons. The fourth-order valence-corrected chi connectivity index (χ4v) is 5.24. The van der Waals surface area contributed by atoms with Crippen molar-refractivity contribution in [2.24, 2.45) is 0 Å². The number of alkyl halides is 6. The van der Waals surface area contributed by atoms with Gasteiger partial charge < -0.3 is 10.6 Å². The van der Waals surface area contributed by atoms with Gasteiger partial charge in [-0.2, -0.15) is 13.2 Å². The molecule has 2 rings (SSSR count). The molecule has 204 valence electrons. The average molecular weight is 664 g/mol. The molecule has 0 aliphatic heterocycles. The van der Waals surface area contributed by atoms with Crippen molar-refractivity contribution in [3.05, 3.63) is 62.2 Å². The van der Waals surface area contributed by atoms with Crippen molar-refractivity contribution in [2.75, 3.05) is 16.8 Å². The van der Waals surface area contributed by atoms with Crippen molar-refractivity contribution in [3.8, 4) is 0 Å². The van der Waals surface area contributed by atoms with Crippen LogP contribution in [0.15, 0.2) is 36.4 Å². The lowest BCUT2D eigenvalue weighted by atomic mass is 9.93. The van der Waals surface area contributed by atoms with E-state index < -0.39 is 51.5 Å². The summed E-state index contributed by atoms with van der Waals surface area (Å²) in [7, 11) is -3.40. The third kappa shape index (κ3) is 6.94. The van der Waals surface area contributed by atoms with E-state index in [1.807, 2.05) is 0 Å². The normalized spacial score (nSPS) is 14.7. The van der Waals surface area contributed by atoms with Crippen molar-refractivity contribution in [2.45, 2.75) is 45.1 Å². The van der Waals surface area contributed by atoms with Gasteiger partial charge in [-0.3, -0.25) is 9.59 Å². The molecule has 0 bridgehead atoms. The Hall–Kier alpha value is -2.36. The molecule has 2 atom stereocenters. The standard InChI is InChI=1S/C23H23F6IN2O4S/c1-4-37(35,36)11-13(3)31-20(34)18-15(6-5-7-16(18)30)19(33)32-17-9-8-14(10-12(17)2)22(26,21(24)25)23(27,28)29/h5-10,13,21H,4,11H2,1-3H3,(H,31,34)(H,32,33)/t13-,22?/m0/s1. The summed E-state index contributed by atoms with van der Waals surface area (Å²) in [5.41, 5.74) is -6.67. The smallest absolute Gasteiger partial charge is 0.349 e. The Kier molecular flexibility index (Phi) is 9.66. The summed E-state index contributed by atoms with van der Waals surface area (Å²) < 4.78 is 104. The number of hydrogen-bond donors (Lipinski definition) is 2. The number of halogens is 7. The maximum atomic E-state index is 14.4. The molecule has 2 amide bonds. The van der Waals surface area contributed by atoms with E-state index >= 15 is 0 Å². The molecule has 0 heterocycles. The molecule has 2 N–H and O–H groups in total. The summed E-state index contributed by atoms with van der Waals surface area (Å²) in [5, 5.41) is 4.91. The largest absolute Gasteiger partial charge is 0.432 e. The third-order valence-corrected chi connectivity index (χ3v) is 8.20. The van der Waals surface area contributed by atoms with Crippen LogP contribution in [0.2, 0.25) is 0 Å². The van der Waals surface area contributed by atoms with Crippen molar-refractivity contribution < 1.29 is 44.3 Å². The highest BCUT2D eigenvalue weighted by atomic mass is 127. The van der Waals surface area contributed by atoms with E-state index in [-0.39, 0.29) is 33.9 Å². The molecule has 1 unspecified atom stereocenters. The first-order chi connectivity index (χ1) is 16.9. The van der Waals surface area contributed by atoms with Gasteiger partial charge in [0, 0.05) is 26.6 Å². The Morgan fingerprint density at radius 2 is 1.68 bits per heavy atom. The third-order valence-electron chi connectivity index (χ3n) is 5.41. The highest BCUT2D eigenvalue weighted by Crippen LogP contribution is 2.47. The first-order valence-corrected chi connectivity index (χ1v) is 13.6. The molecular formula is C23H23F6IN2O4S. The molecule has 0 aliphatic carbocycles. The maximum absolute atomic E-state index is 14.4. The minimum absolute atomic E-state index is 0.0758. The zero-order valence-electron chi connectivity index (χ0n) is 19.7. The van der Waals surface area contributed by atoms with Gasteiger partial charge in [-0.1, -0.05) is 25.1 Å². The Bertz CT molecular complexity index is 1290. The lowest BCUT2D eigenvalue weighted by Crippen LogP contribution is -2.44. The Labute approximate surface area is 223 Å². The molecule has 0 spiro atoms. The molecule has 2 aromatic carbocycles. The molecule has 14 heteroatoms. The van der Waals surface area contributed by atoms with Gasteiger partial charge in [0.2, 0.25) is 0 Å². The van der Waals surface area contributed by atoms with E-state index in [0.29, 0.717) is 15.7 Å². The van der Waals surface area contributed by atoms with Crippen LogP contribution < -0.4 is 10.6 Å². The SMILES string of the molecule is CCS(=O)(=O)C[C@H](C)NC(=O)c1c(I)cccc1C(=O)Nc1ccc(C(F)(C(F)F)C(F)(F)F)cc1C. The Morgan fingerprint density at radius 3 is 2.19 bits per heavy atom. The van der Waals surface area contributed by atoms with Crippen molar-refractivity contribution in [3.63, 3.8) is 0 Å². The minimum atomic E-state index is -5.88. The van der Waals surface area contributed by atoms with E-state index in [9.17, 15) is 44.3 Å². The number of aryl methyl sites for hydroxylation is 1. The maximum Gasteiger partial charge on any atom is 0.432 e. The quantitative estimate of drug-likeness (QED) is 0.278. The highest BCUT2D eigenvalue weighted by molar-refractivity contribution is 14.1. The topological polar surface area (TPSA) is 92.3 Å². The van der Waals surface area contributed by atoms with Gasteiger partial charge >= 0.3 is 6.18 Å². The van der Waals surface area contributed by atoms with Crippen molar-refractivity contribution in [1.82, 2.24) is 5.32 Å². The first-order valence-electron chi connectivity index (χ1n) is 10.7. The number of rotatable bonds is 9. The highest BCUT2D eigenvalue weighted by Gasteiger charge is 2.64. The molecule has 2 aromatic rings. The summed E-state index contributed by atoms with van der Waals surface area (Å²) >= 11 is 1.80. The average Bonchev–Trinajstić information content (AvgIpc) is 2.78. The number of amides is 2. The van der Waals surface area contributed by atoms with Crippen LogP contribution in [0.1, 0.15) is 45.7 Å². The molecule has 0 fully saturated rings. The fourth-order valence-electron chi connectivity index (χ4n) is 3.41. The van der Waals surface area contributed by atoms with Crippen LogP contribution in [0.5, 0.6) is 0 Å². The van der Waals surface area contributed by atoms with Gasteiger partial charge in [-0.25, -0.2) is 21.6 Å². The first kappa shape index (κ1) is 30.9. The summed E-state index contributed by atoms with van der Waals surface area (Å²) in [5.74, 6) is -2.03. The Morgan fingerprint density at radius 1 is 1.05 bits per heavy atom. The molecule has 37 heavy (non-hydrogen) atoms. The molecule has 0 saturated heterocycles. The van der Waals surface area contributed by atoms with Gasteiger partial charge in [0.1, 0.15) is 0 Å². The van der Waals surface area contributed by atoms with Crippen LogP contribution in [-0.2, 0) is 15.5 Å². The van der Waals surface area contributed by atoms with Crippen LogP contribution in [-0.4, -0.2) is 50.4 Å². The second-order valence-electron chi connectivity index (χ2n) is 8.23. The number of carbonyl (C=O) groups excluding carboxylic acids is 2. The van der Waals surface area contributed by atoms with Crippen LogP contribution in [0.4, 0.5) is 32.0 Å². The van der Waals surface area contributed by atoms with Crippen LogP contribution >= 0.6 is 22.6 Å². The van der Waals surface area contributed by atoms with Crippen LogP contribution in [0.3, 0.4) is 0 Å². The number of anilines is 1. The fraction of sp³-hybridized carbons (Fsp3) is 0.391. The van der Waals surface area contributed by atoms with E-state index in [1.165, 1.54) is 39.0 Å². The molecule has 0 aliphatic rings. The molecule has 6 nitrogen and oxygen atoms in total. The lowest BCUT2D eigenvalue weighted by Gasteiger charge is -2.28. The van der Waals surface area contributed by atoms with Gasteiger partial charge in [-0.15, -0.1) is 0 Å². The summed E-state index contributed by atoms with van der Waals surface area (Å²) in [6, 6.07) is 5.45. The van der Waals surface area contributed by atoms with Crippen LogP contribution in [0.25, 0.3) is 0 Å². The van der Waals surface area contributed by atoms with E-state index in [2.05, 4.69) is 10.6 Å². The van der Waals surface area contributed by atoms with E-state index in [4.69, 9.17) is 0 Å². The number of carbonyl (C=O) groups is 2. The molecule has 0 aromatic heterocycles. The number of benzene rings is 2. The minimum Gasteiger partial charge on any atom is -0.349 e. The Balaban J connectivity index is 2.36. The zero-order chi connectivity index (χ0) is 28.3. The van der Waals surface area contributed by atoms with Gasteiger partial charge in [0.15, 0.2) is 9.84 Å². The second kappa shape index (κ2) is 11.6. The summed E-state index contributed by atoms with van der Waals surface area (Å²) in [6.45, 7) is 4.14. The van der Waals surface area contributed by atoms with Crippen molar-refractivity contribution >= 4 is 49.9 Å². The summed E-state index contributed by atoms with van der Waals surface area (Å²) in [4.78, 5) is 25.9. The van der Waals surface area contributed by atoms with E-state index in [0.717, 1.165) is 6.07 Å². The number of nitrogens with one attached hydrogen (secondary N) is 2. The predicted octanol–water partition coefficient (Wildman–Crippen LogP) is 5.40. The van der Waals surface area contributed by atoms with Crippen molar-refractivity contribution in [1.29, 1.82) is 0 Å². The summed E-state index contributed by atoms with van der Waals surface area (Å²) in [6.07, 6.45) is -10.3. The predicted molar refractivity (Wildman–Crippen MR) is 134 cm³/mol. The second-order valence-corrected chi connectivity index (χ2v) is 11.8. The number of sulfone groups is 1. The van der Waals surface area contributed by atoms with Gasteiger partial charge in [-0.05, 0) is 60.2 Å². The number of hydrogen-bond acceptors (Lipinski definition) is 4. The monoisotopic (exact) mass is 664 g/mol. The van der Waals surface area contributed by atoms with Gasteiger partial charge in [0.25, 0.3) is 23.9 Å².